The van der Waals surface area contributed by atoms with Crippen molar-refractivity contribution in [1.29, 1.82) is 0 Å². The summed E-state index contributed by atoms with van der Waals surface area (Å²) >= 11 is 0. The highest BCUT2D eigenvalue weighted by Gasteiger charge is 2.70. The Hall–Kier alpha value is -1.36. The zero-order valence-corrected chi connectivity index (χ0v) is 28.6. The van der Waals surface area contributed by atoms with Gasteiger partial charge in [-0.2, -0.15) is 0 Å². The normalized spacial score (nSPS) is 53.1. The van der Waals surface area contributed by atoms with Crippen molar-refractivity contribution in [3.8, 4) is 0 Å². The maximum Gasteiger partial charge on any atom is 0.309 e. The molecule has 6 saturated carbocycles. The molecule has 6 fully saturated rings. The van der Waals surface area contributed by atoms with E-state index in [4.69, 9.17) is 10.5 Å². The van der Waals surface area contributed by atoms with E-state index in [1.54, 1.807) is 6.92 Å². The van der Waals surface area contributed by atoms with Gasteiger partial charge in [0.1, 0.15) is 6.10 Å². The molecule has 0 amide bonds. The molecule has 4 unspecified atom stereocenters. The van der Waals surface area contributed by atoms with Crippen LogP contribution >= 0.6 is 0 Å². The number of fused-ring (bicyclic) bond motifs is 7. The van der Waals surface area contributed by atoms with Crippen molar-refractivity contribution >= 4 is 11.9 Å². The minimum atomic E-state index is -0.910. The zero-order valence-electron chi connectivity index (χ0n) is 28.6. The number of carbonyl (C=O) groups excluding carboxylic acids is 1. The molecule has 6 rings (SSSR count). The summed E-state index contributed by atoms with van der Waals surface area (Å²) in [7, 11) is 0. The molecule has 5 heteroatoms. The molecule has 3 N–H and O–H groups in total. The first-order valence-electron chi connectivity index (χ1n) is 17.7. The molecule has 0 radical (unpaired) electrons. The van der Waals surface area contributed by atoms with Gasteiger partial charge in [-0.25, -0.2) is 0 Å². The Labute approximate surface area is 261 Å². The van der Waals surface area contributed by atoms with Crippen molar-refractivity contribution in [3.05, 3.63) is 12.7 Å². The number of carboxylic acid groups (broad SMARTS) is 1. The standard InChI is InChI=1S/C38H61NO4/c1-10-23-13-20-38(39)22-21-35(7)24(29(23)38)11-12-27-34(6)17-16-28(32(2,3)26(34)15-19-36(27,35)8)43-30(40)25-14-18-37(9,31(41)42)33(25,4)5/h10,23-29H,1,11-22,39H2,2-9H3,(H,41,42)/t23-,24?,25?,26+,27-,28+,29-,34?,35-,36?,37+,38+/m1/s1. The van der Waals surface area contributed by atoms with E-state index in [0.717, 1.165) is 25.7 Å². The molecular formula is C38H61NO4. The average Bonchev–Trinajstić information content (AvgIpc) is 3.39. The number of allylic oxidation sites excluding steroid dienone is 1. The number of aliphatic carboxylic acids is 1. The van der Waals surface area contributed by atoms with Crippen LogP contribution in [0, 0.1) is 68.0 Å². The van der Waals surface area contributed by atoms with Gasteiger partial charge in [0.15, 0.2) is 0 Å². The molecule has 12 atom stereocenters. The Morgan fingerprint density at radius 2 is 1.49 bits per heavy atom. The smallest absolute Gasteiger partial charge is 0.309 e. The van der Waals surface area contributed by atoms with Crippen LogP contribution in [0.3, 0.4) is 0 Å². The third kappa shape index (κ3) is 3.91. The largest absolute Gasteiger partial charge is 0.481 e. The lowest BCUT2D eigenvalue weighted by atomic mass is 9.32. The molecule has 0 saturated heterocycles. The summed E-state index contributed by atoms with van der Waals surface area (Å²) in [6.07, 6.45) is 15.0. The number of rotatable bonds is 4. The molecule has 0 aromatic heterocycles. The molecule has 6 aliphatic carbocycles. The lowest BCUT2D eigenvalue weighted by Crippen LogP contribution is -2.68. The maximum atomic E-state index is 13.8. The van der Waals surface area contributed by atoms with Gasteiger partial charge in [0.25, 0.3) is 0 Å². The summed E-state index contributed by atoms with van der Waals surface area (Å²) in [4.78, 5) is 26.0. The van der Waals surface area contributed by atoms with Crippen LogP contribution in [-0.2, 0) is 14.3 Å². The molecular weight excluding hydrogens is 534 g/mol. The molecule has 43 heavy (non-hydrogen) atoms. The van der Waals surface area contributed by atoms with Crippen LogP contribution in [0.15, 0.2) is 12.7 Å². The molecule has 5 nitrogen and oxygen atoms in total. The van der Waals surface area contributed by atoms with E-state index in [2.05, 4.69) is 47.3 Å². The molecule has 0 spiro atoms. The fraction of sp³-hybridized carbons (Fsp3) is 0.895. The van der Waals surface area contributed by atoms with Gasteiger partial charge in [0.05, 0.1) is 11.3 Å². The van der Waals surface area contributed by atoms with Crippen molar-refractivity contribution in [2.45, 2.75) is 144 Å². The van der Waals surface area contributed by atoms with Crippen LogP contribution < -0.4 is 5.73 Å². The van der Waals surface area contributed by atoms with Gasteiger partial charge in [-0.15, -0.1) is 6.58 Å². The lowest BCUT2D eigenvalue weighted by Gasteiger charge is -2.72. The fourth-order valence-electron chi connectivity index (χ4n) is 13.7. The topological polar surface area (TPSA) is 89.6 Å². The minimum Gasteiger partial charge on any atom is -0.481 e. The van der Waals surface area contributed by atoms with E-state index in [1.165, 1.54) is 38.5 Å². The SMILES string of the molecule is C=C[C@@H]1CC[C@]2(N)CC[C@]3(C)C(CC[C@@H]4C5(C)CC[C@H](OC(=O)C6CC[C@@](C)(C(=O)O)C6(C)C)C(C)(C)[C@@H]5CCC43C)[C@@H]12. The minimum absolute atomic E-state index is 0.00690. The molecule has 242 valence electrons. The number of carbonyl (C=O) groups is 2. The first kappa shape index (κ1) is 31.6. The van der Waals surface area contributed by atoms with Gasteiger partial charge in [0, 0.05) is 11.0 Å². The second-order valence-electron chi connectivity index (χ2n) is 18.6. The quantitative estimate of drug-likeness (QED) is 0.252. The summed E-state index contributed by atoms with van der Waals surface area (Å²) in [6, 6.07) is 0. The molecule has 0 aromatic carbocycles. The van der Waals surface area contributed by atoms with Crippen LogP contribution in [0.4, 0.5) is 0 Å². The highest BCUT2D eigenvalue weighted by molar-refractivity contribution is 5.81. The Morgan fingerprint density at radius 1 is 0.791 bits per heavy atom. The predicted molar refractivity (Wildman–Crippen MR) is 171 cm³/mol. The van der Waals surface area contributed by atoms with Crippen LogP contribution in [-0.4, -0.2) is 28.7 Å². The summed E-state index contributed by atoms with van der Waals surface area (Å²) in [5.74, 6) is 1.60. The third-order valence-corrected chi connectivity index (χ3v) is 17.0. The van der Waals surface area contributed by atoms with E-state index in [0.29, 0.717) is 47.8 Å². The molecule has 0 bridgehead atoms. The second kappa shape index (κ2) is 9.58. The number of ether oxygens (including phenoxy) is 1. The van der Waals surface area contributed by atoms with E-state index in [1.807, 2.05) is 13.8 Å². The molecule has 0 aromatic rings. The first-order valence-corrected chi connectivity index (χ1v) is 17.7. The van der Waals surface area contributed by atoms with E-state index < -0.39 is 16.8 Å². The lowest BCUT2D eigenvalue weighted by molar-refractivity contribution is -0.246. The van der Waals surface area contributed by atoms with Gasteiger partial charge < -0.3 is 15.6 Å². The van der Waals surface area contributed by atoms with Crippen LogP contribution in [0.2, 0.25) is 0 Å². The highest BCUT2D eigenvalue weighted by Crippen LogP contribution is 2.76. The zero-order chi connectivity index (χ0) is 31.6. The van der Waals surface area contributed by atoms with Gasteiger partial charge in [-0.1, -0.05) is 54.5 Å². The summed E-state index contributed by atoms with van der Waals surface area (Å²) in [6.45, 7) is 22.6. The highest BCUT2D eigenvalue weighted by atomic mass is 16.5. The van der Waals surface area contributed by atoms with Gasteiger partial charge in [0.2, 0.25) is 0 Å². The Morgan fingerprint density at radius 3 is 2.12 bits per heavy atom. The van der Waals surface area contributed by atoms with Crippen molar-refractivity contribution < 1.29 is 19.4 Å². The van der Waals surface area contributed by atoms with Crippen LogP contribution in [0.5, 0.6) is 0 Å². The fourth-order valence-corrected chi connectivity index (χ4v) is 13.7. The molecule has 0 heterocycles. The van der Waals surface area contributed by atoms with Crippen molar-refractivity contribution in [3.63, 3.8) is 0 Å². The van der Waals surface area contributed by atoms with Gasteiger partial charge >= 0.3 is 11.9 Å². The molecule has 0 aliphatic heterocycles. The monoisotopic (exact) mass is 595 g/mol. The Balaban J connectivity index is 1.24. The van der Waals surface area contributed by atoms with Crippen molar-refractivity contribution in [1.82, 2.24) is 0 Å². The average molecular weight is 596 g/mol. The number of carboxylic acids is 1. The first-order chi connectivity index (χ1) is 19.8. The van der Waals surface area contributed by atoms with Crippen molar-refractivity contribution in [2.75, 3.05) is 0 Å². The van der Waals surface area contributed by atoms with Crippen LogP contribution in [0.25, 0.3) is 0 Å². The number of esters is 1. The summed E-state index contributed by atoms with van der Waals surface area (Å²) < 4.78 is 6.49. The summed E-state index contributed by atoms with van der Waals surface area (Å²) in [5, 5.41) is 10.00. The Bertz CT molecular complexity index is 1190. The van der Waals surface area contributed by atoms with Gasteiger partial charge in [-0.3, -0.25) is 9.59 Å². The van der Waals surface area contributed by atoms with E-state index in [9.17, 15) is 14.7 Å². The number of hydrogen-bond acceptors (Lipinski definition) is 4. The predicted octanol–water partition coefficient (Wildman–Crippen LogP) is 8.40. The van der Waals surface area contributed by atoms with Gasteiger partial charge in [-0.05, 0) is 135 Å². The number of hydrogen-bond donors (Lipinski definition) is 2. The van der Waals surface area contributed by atoms with Crippen LogP contribution in [0.1, 0.15) is 132 Å². The van der Waals surface area contributed by atoms with E-state index in [-0.39, 0.29) is 39.8 Å². The maximum absolute atomic E-state index is 13.8. The Kier molecular flexibility index (Phi) is 7.04. The number of nitrogens with two attached hydrogens (primary N) is 1. The van der Waals surface area contributed by atoms with E-state index >= 15 is 0 Å². The second-order valence-corrected chi connectivity index (χ2v) is 18.6. The molecule has 6 aliphatic rings. The van der Waals surface area contributed by atoms with Crippen molar-refractivity contribution in [2.24, 2.45) is 73.7 Å². The third-order valence-electron chi connectivity index (χ3n) is 17.0. The summed E-state index contributed by atoms with van der Waals surface area (Å²) in [5.41, 5.74) is 6.31.